The van der Waals surface area contributed by atoms with Gasteiger partial charge in [-0.3, -0.25) is 4.79 Å². The zero-order chi connectivity index (χ0) is 21.3. The number of nitrogens with one attached hydrogen (secondary N) is 1. The maximum absolute atomic E-state index is 13.0. The second-order valence-corrected chi connectivity index (χ2v) is 7.21. The largest absolute Gasteiger partial charge is 0.416 e. The lowest BCUT2D eigenvalue weighted by molar-refractivity contribution is -0.286. The number of rotatable bonds is 3. The third-order valence-corrected chi connectivity index (χ3v) is 4.93. The predicted octanol–water partition coefficient (Wildman–Crippen LogP) is 4.78. The highest BCUT2D eigenvalue weighted by molar-refractivity contribution is 6.31. The van der Waals surface area contributed by atoms with Crippen LogP contribution in [0.15, 0.2) is 54.2 Å². The van der Waals surface area contributed by atoms with Gasteiger partial charge in [-0.15, -0.1) is 0 Å². The van der Waals surface area contributed by atoms with E-state index in [9.17, 15) is 18.0 Å². The van der Waals surface area contributed by atoms with Gasteiger partial charge in [0, 0.05) is 39.8 Å². The molecule has 30 heavy (non-hydrogen) atoms. The van der Waals surface area contributed by atoms with Gasteiger partial charge >= 0.3 is 6.18 Å². The molecule has 0 spiro atoms. The standard InChI is InChI=1S/C21H16ClF3N2O3/c22-17-4-5-19-18(8-17)14(7-15-11-29-30-12-26-20(15)28)10-27(19)9-13-2-1-3-16(6-13)21(23,24)25/h1-8,10H,9,11-12H2,(H,26,28)/b15-7-. The molecule has 1 aromatic heterocycles. The van der Waals surface area contributed by atoms with Crippen LogP contribution < -0.4 is 5.32 Å². The van der Waals surface area contributed by atoms with E-state index in [0.717, 1.165) is 23.0 Å². The quantitative estimate of drug-likeness (QED) is 0.475. The molecule has 0 bridgehead atoms. The van der Waals surface area contributed by atoms with Crippen LogP contribution in [0.2, 0.25) is 5.02 Å². The Morgan fingerprint density at radius 2 is 2.00 bits per heavy atom. The van der Waals surface area contributed by atoms with E-state index in [1.165, 1.54) is 6.07 Å². The first-order valence-corrected chi connectivity index (χ1v) is 9.37. The van der Waals surface area contributed by atoms with Gasteiger partial charge in [-0.25, -0.2) is 9.78 Å². The van der Waals surface area contributed by atoms with E-state index < -0.39 is 11.7 Å². The number of nitrogens with zero attached hydrogens (tertiary/aromatic N) is 1. The number of carbonyl (C=O) groups is 1. The van der Waals surface area contributed by atoms with Gasteiger partial charge in [-0.05, 0) is 42.0 Å². The lowest BCUT2D eigenvalue weighted by Crippen LogP contribution is -2.24. The number of hydrogen-bond donors (Lipinski definition) is 1. The fourth-order valence-corrected chi connectivity index (χ4v) is 3.47. The molecule has 0 saturated carbocycles. The van der Waals surface area contributed by atoms with Crippen LogP contribution in [0.4, 0.5) is 13.2 Å². The predicted molar refractivity (Wildman–Crippen MR) is 106 cm³/mol. The highest BCUT2D eigenvalue weighted by atomic mass is 35.5. The van der Waals surface area contributed by atoms with Crippen LogP contribution in [-0.2, 0) is 27.3 Å². The monoisotopic (exact) mass is 436 g/mol. The van der Waals surface area contributed by atoms with Gasteiger partial charge in [0.25, 0.3) is 5.91 Å². The van der Waals surface area contributed by atoms with E-state index in [0.29, 0.717) is 21.7 Å². The van der Waals surface area contributed by atoms with Crippen LogP contribution in [0, 0.1) is 0 Å². The second kappa shape index (κ2) is 8.14. The average molecular weight is 437 g/mol. The van der Waals surface area contributed by atoms with Crippen molar-refractivity contribution in [2.75, 3.05) is 13.3 Å². The van der Waals surface area contributed by atoms with E-state index in [2.05, 4.69) is 5.32 Å². The first-order chi connectivity index (χ1) is 14.3. The molecule has 4 rings (SSSR count). The third kappa shape index (κ3) is 4.35. The van der Waals surface area contributed by atoms with Crippen molar-refractivity contribution in [1.82, 2.24) is 9.88 Å². The van der Waals surface area contributed by atoms with E-state index in [4.69, 9.17) is 21.4 Å². The SMILES string of the molecule is O=C1NCOOC/C1=C/c1cn(Cc2cccc(C(F)(F)F)c2)c2ccc(Cl)cc12. The molecule has 2 aromatic carbocycles. The molecule has 0 unspecified atom stereocenters. The van der Waals surface area contributed by atoms with Crippen molar-refractivity contribution in [3.8, 4) is 0 Å². The molecule has 3 aromatic rings. The third-order valence-electron chi connectivity index (χ3n) is 4.69. The Hall–Kier alpha value is -2.81. The van der Waals surface area contributed by atoms with Crippen molar-refractivity contribution in [3.05, 3.63) is 75.9 Å². The molecule has 156 valence electrons. The number of halogens is 4. The highest BCUT2D eigenvalue weighted by Crippen LogP contribution is 2.31. The lowest BCUT2D eigenvalue weighted by atomic mass is 10.1. The lowest BCUT2D eigenvalue weighted by Gasteiger charge is -2.10. The summed E-state index contributed by atoms with van der Waals surface area (Å²) in [7, 11) is 0. The summed E-state index contributed by atoms with van der Waals surface area (Å²) in [5.41, 5.74) is 1.62. The molecular weight excluding hydrogens is 421 g/mol. The molecule has 1 saturated heterocycles. The Labute approximate surface area is 174 Å². The molecule has 2 heterocycles. The van der Waals surface area contributed by atoms with Crippen molar-refractivity contribution in [2.45, 2.75) is 12.7 Å². The highest BCUT2D eigenvalue weighted by Gasteiger charge is 2.30. The number of aromatic nitrogens is 1. The second-order valence-electron chi connectivity index (χ2n) is 6.77. The van der Waals surface area contributed by atoms with Crippen LogP contribution >= 0.6 is 11.6 Å². The molecule has 1 fully saturated rings. The topological polar surface area (TPSA) is 52.5 Å². The van der Waals surface area contributed by atoms with Crippen LogP contribution in [0.25, 0.3) is 17.0 Å². The van der Waals surface area contributed by atoms with Gasteiger partial charge in [0.1, 0.15) is 6.61 Å². The van der Waals surface area contributed by atoms with E-state index in [-0.39, 0.29) is 25.8 Å². The maximum Gasteiger partial charge on any atom is 0.416 e. The molecule has 1 aliphatic rings. The molecule has 1 N–H and O–H groups in total. The number of fused-ring (bicyclic) bond motifs is 1. The summed E-state index contributed by atoms with van der Waals surface area (Å²) in [5, 5.41) is 3.81. The minimum Gasteiger partial charge on any atom is -0.342 e. The van der Waals surface area contributed by atoms with Crippen molar-refractivity contribution in [1.29, 1.82) is 0 Å². The number of amides is 1. The zero-order valence-corrected chi connectivity index (χ0v) is 16.3. The molecule has 1 aliphatic heterocycles. The average Bonchev–Trinajstić information content (AvgIpc) is 2.87. The summed E-state index contributed by atoms with van der Waals surface area (Å²) in [5.74, 6) is -0.326. The minimum absolute atomic E-state index is 0.0350. The minimum atomic E-state index is -4.41. The van der Waals surface area contributed by atoms with Crippen molar-refractivity contribution >= 4 is 34.5 Å². The van der Waals surface area contributed by atoms with E-state index in [1.54, 1.807) is 36.5 Å². The van der Waals surface area contributed by atoms with Crippen LogP contribution in [-0.4, -0.2) is 23.8 Å². The molecule has 0 radical (unpaired) electrons. The zero-order valence-electron chi connectivity index (χ0n) is 15.5. The number of hydrogen-bond acceptors (Lipinski definition) is 3. The molecule has 1 amide bonds. The van der Waals surface area contributed by atoms with Crippen LogP contribution in [0.5, 0.6) is 0 Å². The van der Waals surface area contributed by atoms with Gasteiger partial charge in [0.2, 0.25) is 0 Å². The summed E-state index contributed by atoms with van der Waals surface area (Å²) >= 11 is 6.15. The Balaban J connectivity index is 1.76. The summed E-state index contributed by atoms with van der Waals surface area (Å²) < 4.78 is 41.0. The Bertz CT molecular complexity index is 1140. The normalized spacial score (nSPS) is 16.7. The summed E-state index contributed by atoms with van der Waals surface area (Å²) in [6.07, 6.45) is -0.981. The summed E-state index contributed by atoms with van der Waals surface area (Å²) in [6, 6.07) is 10.4. The van der Waals surface area contributed by atoms with Gasteiger partial charge < -0.3 is 9.88 Å². The summed E-state index contributed by atoms with van der Waals surface area (Å²) in [4.78, 5) is 21.9. The van der Waals surface area contributed by atoms with Crippen molar-refractivity contribution in [3.63, 3.8) is 0 Å². The van der Waals surface area contributed by atoms with E-state index in [1.807, 2.05) is 4.57 Å². The number of carbonyl (C=O) groups excluding carboxylic acids is 1. The maximum atomic E-state index is 13.0. The molecule has 0 atom stereocenters. The fourth-order valence-electron chi connectivity index (χ4n) is 3.30. The van der Waals surface area contributed by atoms with Crippen LogP contribution in [0.1, 0.15) is 16.7 Å². The number of benzene rings is 2. The molecule has 0 aliphatic carbocycles. The van der Waals surface area contributed by atoms with Gasteiger partial charge in [-0.1, -0.05) is 23.7 Å². The molecule has 5 nitrogen and oxygen atoms in total. The van der Waals surface area contributed by atoms with Gasteiger partial charge in [0.05, 0.1) is 5.56 Å². The van der Waals surface area contributed by atoms with E-state index >= 15 is 0 Å². The molecule has 9 heteroatoms. The molecular formula is C21H16ClF3N2O3. The van der Waals surface area contributed by atoms with Crippen molar-refractivity contribution < 1.29 is 27.7 Å². The Morgan fingerprint density at radius 1 is 1.17 bits per heavy atom. The first-order valence-electron chi connectivity index (χ1n) is 8.99. The van der Waals surface area contributed by atoms with Gasteiger partial charge in [-0.2, -0.15) is 13.2 Å². The van der Waals surface area contributed by atoms with Gasteiger partial charge in [0.15, 0.2) is 6.73 Å². The Morgan fingerprint density at radius 3 is 2.80 bits per heavy atom. The first kappa shape index (κ1) is 20.5. The smallest absolute Gasteiger partial charge is 0.342 e. The van der Waals surface area contributed by atoms with Crippen molar-refractivity contribution in [2.24, 2.45) is 0 Å². The summed E-state index contributed by atoms with van der Waals surface area (Å²) in [6.45, 7) is 0.128. The Kier molecular flexibility index (Phi) is 5.55. The fraction of sp³-hybridized carbons (Fsp3) is 0.190. The van der Waals surface area contributed by atoms with Crippen LogP contribution in [0.3, 0.4) is 0 Å². The number of alkyl halides is 3.